The monoisotopic (exact) mass is 460 g/mol. The molecule has 0 spiro atoms. The van der Waals surface area contributed by atoms with Crippen LogP contribution in [-0.2, 0) is 6.42 Å². The van der Waals surface area contributed by atoms with Gasteiger partial charge in [-0.2, -0.15) is 0 Å². The standard InChI is InChI=1S/C21H18Br2O2/c22-17-11-16(20(23)19-15-9-8-14(10-15)18(17)19)3-1-2-12-4-6-13(7-5-12)21(24)25/h1-2,4-7,11,14-15H,3,8-10H2,(H,24,25)/b2-1-. The zero-order valence-corrected chi connectivity index (χ0v) is 16.8. The quantitative estimate of drug-likeness (QED) is 0.561. The smallest absolute Gasteiger partial charge is 0.335 e. The van der Waals surface area contributed by atoms with Crippen molar-refractivity contribution >= 4 is 43.9 Å². The average Bonchev–Trinajstić information content (AvgIpc) is 3.21. The fraction of sp³-hybridized carbons (Fsp3) is 0.286. The summed E-state index contributed by atoms with van der Waals surface area (Å²) in [7, 11) is 0. The molecule has 128 valence electrons. The molecular formula is C21H18Br2O2. The van der Waals surface area contributed by atoms with Crippen molar-refractivity contribution in [3.05, 3.63) is 73.2 Å². The van der Waals surface area contributed by atoms with E-state index in [1.165, 1.54) is 44.9 Å². The second-order valence-corrected chi connectivity index (χ2v) is 8.55. The van der Waals surface area contributed by atoms with Crippen LogP contribution in [0, 0.1) is 0 Å². The van der Waals surface area contributed by atoms with E-state index in [0.29, 0.717) is 5.56 Å². The molecule has 25 heavy (non-hydrogen) atoms. The molecule has 0 amide bonds. The number of rotatable bonds is 4. The van der Waals surface area contributed by atoms with Crippen molar-refractivity contribution in [1.82, 2.24) is 0 Å². The first-order valence-corrected chi connectivity index (χ1v) is 10.1. The number of carboxylic acid groups (broad SMARTS) is 1. The maximum Gasteiger partial charge on any atom is 0.335 e. The van der Waals surface area contributed by atoms with E-state index >= 15 is 0 Å². The fourth-order valence-corrected chi connectivity index (χ4v) is 5.87. The van der Waals surface area contributed by atoms with Gasteiger partial charge in [-0.1, -0.05) is 56.1 Å². The largest absolute Gasteiger partial charge is 0.478 e. The summed E-state index contributed by atoms with van der Waals surface area (Å²) in [6.45, 7) is 0. The van der Waals surface area contributed by atoms with Crippen molar-refractivity contribution in [2.24, 2.45) is 0 Å². The van der Waals surface area contributed by atoms with E-state index in [-0.39, 0.29) is 0 Å². The van der Waals surface area contributed by atoms with Gasteiger partial charge in [0, 0.05) is 8.95 Å². The number of aromatic carboxylic acids is 1. The Morgan fingerprint density at radius 2 is 1.80 bits per heavy atom. The third-order valence-electron chi connectivity index (χ3n) is 5.42. The Morgan fingerprint density at radius 1 is 1.12 bits per heavy atom. The minimum Gasteiger partial charge on any atom is -0.478 e. The van der Waals surface area contributed by atoms with Crippen molar-refractivity contribution in [2.75, 3.05) is 0 Å². The summed E-state index contributed by atoms with van der Waals surface area (Å²) in [5.74, 6) is 0.568. The van der Waals surface area contributed by atoms with Gasteiger partial charge in [0.25, 0.3) is 0 Å². The van der Waals surface area contributed by atoms with Crippen LogP contribution in [0.3, 0.4) is 0 Å². The van der Waals surface area contributed by atoms with Crippen LogP contribution in [0.25, 0.3) is 6.08 Å². The fourth-order valence-electron chi connectivity index (χ4n) is 4.24. The summed E-state index contributed by atoms with van der Waals surface area (Å²) in [5.41, 5.74) is 5.69. The van der Waals surface area contributed by atoms with E-state index in [9.17, 15) is 4.79 Å². The zero-order valence-electron chi connectivity index (χ0n) is 13.6. The Hall–Kier alpha value is -1.39. The first-order valence-electron chi connectivity index (χ1n) is 8.55. The Kier molecular flexibility index (Phi) is 4.59. The van der Waals surface area contributed by atoms with Crippen LogP contribution in [0.15, 0.2) is 45.4 Å². The first-order chi connectivity index (χ1) is 12.0. The number of fused-ring (bicyclic) bond motifs is 5. The van der Waals surface area contributed by atoms with Gasteiger partial charge in [0.2, 0.25) is 0 Å². The molecule has 2 aromatic rings. The van der Waals surface area contributed by atoms with E-state index < -0.39 is 5.97 Å². The molecule has 4 heteroatoms. The minimum atomic E-state index is -0.892. The molecule has 0 heterocycles. The Morgan fingerprint density at radius 3 is 2.48 bits per heavy atom. The molecule has 2 unspecified atom stereocenters. The maximum absolute atomic E-state index is 10.9. The third kappa shape index (κ3) is 3.11. The summed E-state index contributed by atoms with van der Waals surface area (Å²) in [4.78, 5) is 10.9. The number of carbonyl (C=O) groups is 1. The van der Waals surface area contributed by atoms with Gasteiger partial charge < -0.3 is 5.11 Å². The van der Waals surface area contributed by atoms with Gasteiger partial charge in [-0.25, -0.2) is 4.79 Å². The van der Waals surface area contributed by atoms with E-state index in [4.69, 9.17) is 5.11 Å². The molecule has 1 saturated carbocycles. The van der Waals surface area contributed by atoms with Crippen molar-refractivity contribution in [3.63, 3.8) is 0 Å². The predicted molar refractivity (Wildman–Crippen MR) is 107 cm³/mol. The van der Waals surface area contributed by atoms with Gasteiger partial charge in [0.05, 0.1) is 5.56 Å². The SMILES string of the molecule is O=C(O)c1ccc(/C=C\Cc2cc(Br)c3c(c2Br)C2CCC3C2)cc1. The van der Waals surface area contributed by atoms with Crippen LogP contribution in [0.4, 0.5) is 0 Å². The number of benzene rings is 2. The number of hydrogen-bond donors (Lipinski definition) is 1. The number of allylic oxidation sites excluding steroid dienone is 1. The third-order valence-corrected chi connectivity index (χ3v) is 7.01. The summed E-state index contributed by atoms with van der Waals surface area (Å²) in [5, 5.41) is 8.95. The Bertz CT molecular complexity index is 868. The van der Waals surface area contributed by atoms with Crippen molar-refractivity contribution in [2.45, 2.75) is 37.5 Å². The molecule has 2 aliphatic carbocycles. The summed E-state index contributed by atoms with van der Waals surface area (Å²) < 4.78 is 2.54. The molecule has 2 aromatic carbocycles. The molecule has 0 aliphatic heterocycles. The van der Waals surface area contributed by atoms with Crippen LogP contribution in [0.1, 0.15) is 63.7 Å². The maximum atomic E-state index is 10.9. The highest BCUT2D eigenvalue weighted by molar-refractivity contribution is 9.11. The van der Waals surface area contributed by atoms with Gasteiger partial charge >= 0.3 is 5.97 Å². The van der Waals surface area contributed by atoms with Crippen LogP contribution >= 0.6 is 31.9 Å². The first kappa shape index (κ1) is 17.0. The summed E-state index contributed by atoms with van der Waals surface area (Å²) >= 11 is 7.65. The van der Waals surface area contributed by atoms with Crippen LogP contribution in [0.5, 0.6) is 0 Å². The Labute approximate surface area is 164 Å². The average molecular weight is 462 g/mol. The van der Waals surface area contributed by atoms with Gasteiger partial charge in [-0.15, -0.1) is 0 Å². The highest BCUT2D eigenvalue weighted by Crippen LogP contribution is 2.57. The van der Waals surface area contributed by atoms with Gasteiger partial charge in [-0.05, 0) is 78.0 Å². The van der Waals surface area contributed by atoms with Gasteiger partial charge in [-0.3, -0.25) is 0 Å². The second-order valence-electron chi connectivity index (χ2n) is 6.90. The van der Waals surface area contributed by atoms with E-state index in [0.717, 1.165) is 23.8 Å². The molecule has 0 radical (unpaired) electrons. The van der Waals surface area contributed by atoms with Gasteiger partial charge in [0.15, 0.2) is 0 Å². The molecule has 2 bridgehead atoms. The van der Waals surface area contributed by atoms with Crippen LogP contribution in [-0.4, -0.2) is 11.1 Å². The molecule has 1 N–H and O–H groups in total. The molecular weight excluding hydrogens is 444 g/mol. The molecule has 4 rings (SSSR count). The van der Waals surface area contributed by atoms with E-state index in [1.807, 2.05) is 18.2 Å². The molecule has 2 nitrogen and oxygen atoms in total. The van der Waals surface area contributed by atoms with Crippen molar-refractivity contribution < 1.29 is 9.90 Å². The molecule has 0 saturated heterocycles. The number of hydrogen-bond acceptors (Lipinski definition) is 1. The molecule has 0 aromatic heterocycles. The van der Waals surface area contributed by atoms with Crippen LogP contribution in [0.2, 0.25) is 0 Å². The minimum absolute atomic E-state index is 0.317. The molecule has 1 fully saturated rings. The number of halogens is 2. The van der Waals surface area contributed by atoms with Crippen LogP contribution < -0.4 is 0 Å². The zero-order chi connectivity index (χ0) is 17.6. The van der Waals surface area contributed by atoms with E-state index in [1.54, 1.807) is 12.1 Å². The molecule has 2 aliphatic rings. The second kappa shape index (κ2) is 6.73. The summed E-state index contributed by atoms with van der Waals surface area (Å²) in [6, 6.07) is 9.21. The summed E-state index contributed by atoms with van der Waals surface area (Å²) in [6.07, 6.45) is 8.99. The lowest BCUT2D eigenvalue weighted by molar-refractivity contribution is 0.0697. The van der Waals surface area contributed by atoms with E-state index in [2.05, 4.69) is 44.0 Å². The number of carboxylic acids is 1. The molecule has 2 atom stereocenters. The topological polar surface area (TPSA) is 37.3 Å². The lowest BCUT2D eigenvalue weighted by Crippen LogP contribution is -2.02. The normalized spacial score (nSPS) is 21.0. The Balaban J connectivity index is 1.55. The highest BCUT2D eigenvalue weighted by Gasteiger charge is 2.40. The van der Waals surface area contributed by atoms with Crippen molar-refractivity contribution in [3.8, 4) is 0 Å². The predicted octanol–water partition coefficient (Wildman–Crippen LogP) is 6.53. The van der Waals surface area contributed by atoms with Gasteiger partial charge in [0.1, 0.15) is 0 Å². The highest BCUT2D eigenvalue weighted by atomic mass is 79.9. The lowest BCUT2D eigenvalue weighted by Gasteiger charge is -2.20. The lowest BCUT2D eigenvalue weighted by atomic mass is 9.90. The van der Waals surface area contributed by atoms with Crippen molar-refractivity contribution in [1.29, 1.82) is 0 Å².